The number of nitrogens with two attached hydrogens (primary N) is 1. The maximum absolute atomic E-state index is 6.06. The van der Waals surface area contributed by atoms with E-state index in [2.05, 4.69) is 18.9 Å². The first-order valence-electron chi connectivity index (χ1n) is 5.00. The molecular weight excluding hydrogens is 194 g/mol. The zero-order valence-corrected chi connectivity index (χ0v) is 9.92. The summed E-state index contributed by atoms with van der Waals surface area (Å²) in [5, 5.41) is 4.80. The summed E-state index contributed by atoms with van der Waals surface area (Å²) in [6, 6.07) is 2.09. The number of thioether (sulfide) groups is 1. The summed E-state index contributed by atoms with van der Waals surface area (Å²) < 4.78 is 1.85. The summed E-state index contributed by atoms with van der Waals surface area (Å²) in [5.41, 5.74) is 7.17. The smallest absolute Gasteiger partial charge is 0.0558 e. The molecule has 1 rings (SSSR count). The third kappa shape index (κ3) is 3.03. The first kappa shape index (κ1) is 11.6. The summed E-state index contributed by atoms with van der Waals surface area (Å²) in [5.74, 6) is 0.967. The van der Waals surface area contributed by atoms with E-state index in [1.807, 2.05) is 29.6 Å². The topological polar surface area (TPSA) is 43.8 Å². The van der Waals surface area contributed by atoms with Crippen molar-refractivity contribution in [3.05, 3.63) is 18.0 Å². The van der Waals surface area contributed by atoms with Gasteiger partial charge in [0.05, 0.1) is 11.7 Å². The van der Waals surface area contributed by atoms with E-state index in [0.29, 0.717) is 5.25 Å². The minimum absolute atomic E-state index is 0.0986. The molecule has 0 saturated carbocycles. The highest BCUT2D eigenvalue weighted by atomic mass is 32.2. The number of aromatic nitrogens is 2. The second-order valence-corrected chi connectivity index (χ2v) is 5.01. The van der Waals surface area contributed by atoms with Gasteiger partial charge in [0, 0.05) is 24.2 Å². The van der Waals surface area contributed by atoms with E-state index in [1.54, 1.807) is 6.20 Å². The first-order chi connectivity index (χ1) is 6.65. The lowest BCUT2D eigenvalue weighted by atomic mass is 10.2. The molecule has 0 aliphatic rings. The van der Waals surface area contributed by atoms with Crippen LogP contribution in [0.25, 0.3) is 0 Å². The predicted molar refractivity (Wildman–Crippen MR) is 62.3 cm³/mol. The lowest BCUT2D eigenvalue weighted by molar-refractivity contribution is 0.658. The average Bonchev–Trinajstić information content (AvgIpc) is 2.60. The molecule has 0 aliphatic heterocycles. The summed E-state index contributed by atoms with van der Waals surface area (Å²) in [6.45, 7) is 4.44. The Morgan fingerprint density at radius 1 is 1.64 bits per heavy atom. The normalized spacial score (nSPS) is 15.4. The fourth-order valence-corrected chi connectivity index (χ4v) is 2.16. The quantitative estimate of drug-likeness (QED) is 0.813. The molecule has 80 valence electrons. The van der Waals surface area contributed by atoms with E-state index < -0.39 is 0 Å². The van der Waals surface area contributed by atoms with Crippen LogP contribution >= 0.6 is 11.8 Å². The van der Waals surface area contributed by atoms with Crippen molar-refractivity contribution in [3.63, 3.8) is 0 Å². The van der Waals surface area contributed by atoms with Gasteiger partial charge < -0.3 is 5.73 Å². The van der Waals surface area contributed by atoms with E-state index in [1.165, 1.54) is 6.42 Å². The van der Waals surface area contributed by atoms with Gasteiger partial charge in [0.2, 0.25) is 0 Å². The van der Waals surface area contributed by atoms with Gasteiger partial charge in [-0.25, -0.2) is 0 Å². The highest BCUT2D eigenvalue weighted by Gasteiger charge is 2.11. The van der Waals surface area contributed by atoms with Crippen LogP contribution in [0.1, 0.15) is 32.0 Å². The predicted octanol–water partition coefficient (Wildman–Crippen LogP) is 1.95. The van der Waals surface area contributed by atoms with Crippen molar-refractivity contribution in [1.29, 1.82) is 0 Å². The summed E-state index contributed by atoms with van der Waals surface area (Å²) in [4.78, 5) is 0. The molecule has 0 amide bonds. The fourth-order valence-electron chi connectivity index (χ4n) is 1.22. The van der Waals surface area contributed by atoms with Crippen LogP contribution in [0.5, 0.6) is 0 Å². The van der Waals surface area contributed by atoms with Crippen LogP contribution in [0.4, 0.5) is 0 Å². The van der Waals surface area contributed by atoms with Crippen molar-refractivity contribution < 1.29 is 0 Å². The second kappa shape index (κ2) is 5.41. The van der Waals surface area contributed by atoms with Crippen LogP contribution in [-0.4, -0.2) is 20.8 Å². The van der Waals surface area contributed by atoms with Crippen molar-refractivity contribution in [2.45, 2.75) is 31.6 Å². The third-order valence-corrected chi connectivity index (χ3v) is 3.83. The third-order valence-electron chi connectivity index (χ3n) is 2.37. The largest absolute Gasteiger partial charge is 0.322 e. The Bertz CT molecular complexity index is 272. The van der Waals surface area contributed by atoms with Crippen molar-refractivity contribution in [3.8, 4) is 0 Å². The minimum atomic E-state index is 0.0986. The van der Waals surface area contributed by atoms with Crippen LogP contribution in [0.15, 0.2) is 12.3 Å². The van der Waals surface area contributed by atoms with E-state index >= 15 is 0 Å². The molecule has 2 atom stereocenters. The van der Waals surface area contributed by atoms with E-state index in [9.17, 15) is 0 Å². The lowest BCUT2D eigenvalue weighted by Crippen LogP contribution is -2.18. The molecule has 3 nitrogen and oxygen atoms in total. The van der Waals surface area contributed by atoms with Crippen molar-refractivity contribution >= 4 is 11.8 Å². The summed E-state index contributed by atoms with van der Waals surface area (Å²) >= 11 is 1.93. The maximum atomic E-state index is 6.06. The Labute approximate surface area is 90.1 Å². The molecule has 0 bridgehead atoms. The van der Waals surface area contributed by atoms with Crippen molar-refractivity contribution in [1.82, 2.24) is 9.78 Å². The SMILES string of the molecule is CCC(C)SCC(N)c1ccnn1C. The average molecular weight is 213 g/mol. The molecule has 0 radical (unpaired) electrons. The Morgan fingerprint density at radius 3 is 2.86 bits per heavy atom. The summed E-state index contributed by atoms with van der Waals surface area (Å²) in [7, 11) is 1.93. The molecule has 0 spiro atoms. The zero-order valence-electron chi connectivity index (χ0n) is 9.10. The van der Waals surface area contributed by atoms with Gasteiger partial charge in [-0.1, -0.05) is 13.8 Å². The van der Waals surface area contributed by atoms with E-state index in [-0.39, 0.29) is 6.04 Å². The van der Waals surface area contributed by atoms with Crippen LogP contribution in [-0.2, 0) is 7.05 Å². The van der Waals surface area contributed by atoms with Gasteiger partial charge in [0.15, 0.2) is 0 Å². The summed E-state index contributed by atoms with van der Waals surface area (Å²) in [6.07, 6.45) is 2.99. The van der Waals surface area contributed by atoms with Gasteiger partial charge in [-0.05, 0) is 12.5 Å². The minimum Gasteiger partial charge on any atom is -0.322 e. The molecule has 14 heavy (non-hydrogen) atoms. The molecule has 2 unspecified atom stereocenters. The van der Waals surface area contributed by atoms with Gasteiger partial charge in [-0.3, -0.25) is 4.68 Å². The van der Waals surface area contributed by atoms with Crippen LogP contribution < -0.4 is 5.73 Å². The van der Waals surface area contributed by atoms with Crippen LogP contribution in [0, 0.1) is 0 Å². The highest BCUT2D eigenvalue weighted by molar-refractivity contribution is 7.99. The van der Waals surface area contributed by atoms with Gasteiger partial charge >= 0.3 is 0 Å². The number of rotatable bonds is 5. The molecule has 1 aromatic rings. The lowest BCUT2D eigenvalue weighted by Gasteiger charge is -2.14. The Balaban J connectivity index is 2.43. The van der Waals surface area contributed by atoms with Crippen molar-refractivity contribution in [2.75, 3.05) is 5.75 Å². The van der Waals surface area contributed by atoms with Gasteiger partial charge in [0.25, 0.3) is 0 Å². The second-order valence-electron chi connectivity index (χ2n) is 3.54. The molecule has 1 aromatic heterocycles. The number of aryl methyl sites for hydroxylation is 1. The Hall–Kier alpha value is -0.480. The van der Waals surface area contributed by atoms with Crippen LogP contribution in [0.3, 0.4) is 0 Å². The number of hydrogen-bond acceptors (Lipinski definition) is 3. The van der Waals surface area contributed by atoms with Crippen molar-refractivity contribution in [2.24, 2.45) is 12.8 Å². The molecule has 1 heterocycles. The zero-order chi connectivity index (χ0) is 10.6. The molecule has 0 saturated heterocycles. The van der Waals surface area contributed by atoms with Gasteiger partial charge in [0.1, 0.15) is 0 Å². The molecule has 0 aliphatic carbocycles. The molecule has 2 N–H and O–H groups in total. The molecular formula is C10H19N3S. The molecule has 4 heteroatoms. The standard InChI is InChI=1S/C10H19N3S/c1-4-8(2)14-7-9(11)10-5-6-12-13(10)3/h5-6,8-9H,4,7,11H2,1-3H3. The fraction of sp³-hybridized carbons (Fsp3) is 0.700. The molecule has 0 aromatic carbocycles. The number of nitrogens with zero attached hydrogens (tertiary/aromatic N) is 2. The van der Waals surface area contributed by atoms with E-state index in [4.69, 9.17) is 5.73 Å². The highest BCUT2D eigenvalue weighted by Crippen LogP contribution is 2.20. The van der Waals surface area contributed by atoms with Crippen LogP contribution in [0.2, 0.25) is 0 Å². The first-order valence-corrected chi connectivity index (χ1v) is 6.05. The number of hydrogen-bond donors (Lipinski definition) is 1. The molecule has 0 fully saturated rings. The van der Waals surface area contributed by atoms with Gasteiger partial charge in [-0.15, -0.1) is 0 Å². The van der Waals surface area contributed by atoms with E-state index in [0.717, 1.165) is 11.4 Å². The Kier molecular flexibility index (Phi) is 4.48. The van der Waals surface area contributed by atoms with Gasteiger partial charge in [-0.2, -0.15) is 16.9 Å². The maximum Gasteiger partial charge on any atom is 0.0558 e. The Morgan fingerprint density at radius 2 is 2.36 bits per heavy atom. The monoisotopic (exact) mass is 213 g/mol.